The number of benzene rings is 1. The summed E-state index contributed by atoms with van der Waals surface area (Å²) in [6.45, 7) is 1.86. The lowest BCUT2D eigenvalue weighted by molar-refractivity contribution is -0.137. The van der Waals surface area contributed by atoms with Gasteiger partial charge in [0.25, 0.3) is 0 Å². The monoisotopic (exact) mass is 288 g/mol. The van der Waals surface area contributed by atoms with E-state index in [1.807, 2.05) is 17.0 Å². The van der Waals surface area contributed by atoms with Gasteiger partial charge in [0.05, 0.1) is 5.92 Å². The quantitative estimate of drug-likeness (QED) is 0.897. The summed E-state index contributed by atoms with van der Waals surface area (Å²) in [6.07, 6.45) is 4.84. The van der Waals surface area contributed by atoms with Crippen molar-refractivity contribution in [2.45, 2.75) is 44.1 Å². The lowest BCUT2D eigenvalue weighted by Gasteiger charge is -2.39. The zero-order chi connectivity index (χ0) is 14.7. The summed E-state index contributed by atoms with van der Waals surface area (Å²) in [5, 5.41) is 12.6. The van der Waals surface area contributed by atoms with Crippen molar-refractivity contribution in [3.05, 3.63) is 29.8 Å². The van der Waals surface area contributed by atoms with Gasteiger partial charge in [-0.05, 0) is 43.7 Å². The fourth-order valence-electron chi connectivity index (χ4n) is 3.67. The molecule has 0 saturated carbocycles. The number of rotatable bonds is 3. The first kappa shape index (κ1) is 14.4. The molecule has 0 aromatic heterocycles. The normalized spacial score (nSPS) is 25.1. The number of carbonyl (C=O) groups is 1. The van der Waals surface area contributed by atoms with Crippen LogP contribution in [0.4, 0.5) is 5.69 Å². The van der Waals surface area contributed by atoms with E-state index in [1.165, 1.54) is 0 Å². The number of nitrogens with one attached hydrogen (secondary N) is 1. The predicted molar refractivity (Wildman–Crippen MR) is 83.3 cm³/mol. The molecule has 1 saturated heterocycles. The number of aliphatic hydroxyl groups excluding tert-OH is 1. The first-order valence-electron chi connectivity index (χ1n) is 8.05. The Bertz CT molecular complexity index is 501. The highest BCUT2D eigenvalue weighted by atomic mass is 16.3. The maximum atomic E-state index is 13.0. The number of hydrogen-bond donors (Lipinski definition) is 2. The van der Waals surface area contributed by atoms with Crippen molar-refractivity contribution in [1.82, 2.24) is 4.90 Å². The molecule has 3 rings (SSSR count). The van der Waals surface area contributed by atoms with E-state index in [4.69, 9.17) is 0 Å². The molecular weight excluding hydrogens is 264 g/mol. The second-order valence-electron chi connectivity index (χ2n) is 6.05. The molecule has 114 valence electrons. The highest BCUT2D eigenvalue weighted by Gasteiger charge is 2.34. The van der Waals surface area contributed by atoms with Gasteiger partial charge in [0, 0.05) is 31.4 Å². The van der Waals surface area contributed by atoms with E-state index < -0.39 is 0 Å². The van der Waals surface area contributed by atoms with Gasteiger partial charge in [-0.1, -0.05) is 18.2 Å². The van der Waals surface area contributed by atoms with Crippen LogP contribution in [0, 0.1) is 0 Å². The van der Waals surface area contributed by atoms with Crippen LogP contribution in [-0.2, 0) is 4.79 Å². The number of aliphatic hydroxyl groups is 1. The van der Waals surface area contributed by atoms with Crippen LogP contribution >= 0.6 is 0 Å². The van der Waals surface area contributed by atoms with E-state index in [0.29, 0.717) is 6.42 Å². The highest BCUT2D eigenvalue weighted by molar-refractivity contribution is 5.86. The number of anilines is 1. The molecule has 0 radical (unpaired) electrons. The molecule has 2 aliphatic heterocycles. The standard InChI is InChI=1S/C17H24N2O2/c20-12-9-13-5-3-4-11-19(13)17(21)15-8-10-18-16-7-2-1-6-14(15)16/h1-2,6-7,13,15,18,20H,3-5,8-12H2. The third kappa shape index (κ3) is 2.91. The first-order valence-corrected chi connectivity index (χ1v) is 8.05. The van der Waals surface area contributed by atoms with E-state index in [1.54, 1.807) is 0 Å². The van der Waals surface area contributed by atoms with E-state index in [2.05, 4.69) is 17.4 Å². The number of para-hydroxylation sites is 1. The minimum absolute atomic E-state index is 0.0262. The molecule has 0 aliphatic carbocycles. The van der Waals surface area contributed by atoms with Crippen LogP contribution in [-0.4, -0.2) is 41.7 Å². The van der Waals surface area contributed by atoms with Crippen molar-refractivity contribution in [1.29, 1.82) is 0 Å². The van der Waals surface area contributed by atoms with Gasteiger partial charge in [-0.25, -0.2) is 0 Å². The van der Waals surface area contributed by atoms with Crippen molar-refractivity contribution in [2.24, 2.45) is 0 Å². The first-order chi connectivity index (χ1) is 10.3. The summed E-state index contributed by atoms with van der Waals surface area (Å²) < 4.78 is 0. The Morgan fingerprint density at radius 3 is 3.00 bits per heavy atom. The molecule has 21 heavy (non-hydrogen) atoms. The Labute approximate surface area is 126 Å². The van der Waals surface area contributed by atoms with Crippen LogP contribution in [0.3, 0.4) is 0 Å². The molecule has 2 N–H and O–H groups in total. The summed E-state index contributed by atoms with van der Waals surface area (Å²) in [5.74, 6) is 0.226. The molecule has 2 unspecified atom stereocenters. The highest BCUT2D eigenvalue weighted by Crippen LogP contribution is 2.34. The number of carbonyl (C=O) groups excluding carboxylic acids is 1. The SMILES string of the molecule is O=C(C1CCNc2ccccc21)N1CCCCC1CCO. The molecule has 0 spiro atoms. The molecule has 1 aromatic rings. The molecular formula is C17H24N2O2. The van der Waals surface area contributed by atoms with Gasteiger partial charge in [0.2, 0.25) is 5.91 Å². The maximum Gasteiger partial charge on any atom is 0.230 e. The summed E-state index contributed by atoms with van der Waals surface area (Å²) >= 11 is 0. The third-order valence-corrected chi connectivity index (χ3v) is 4.76. The minimum atomic E-state index is -0.0262. The molecule has 2 aliphatic rings. The van der Waals surface area contributed by atoms with Crippen LogP contribution in [0.2, 0.25) is 0 Å². The van der Waals surface area contributed by atoms with Crippen molar-refractivity contribution >= 4 is 11.6 Å². The lowest BCUT2D eigenvalue weighted by atomic mass is 9.88. The van der Waals surface area contributed by atoms with Crippen LogP contribution < -0.4 is 5.32 Å². The average molecular weight is 288 g/mol. The largest absolute Gasteiger partial charge is 0.396 e. The van der Waals surface area contributed by atoms with Gasteiger partial charge in [0.1, 0.15) is 0 Å². The molecule has 4 heteroatoms. The third-order valence-electron chi connectivity index (χ3n) is 4.76. The number of piperidine rings is 1. The Kier molecular flexibility index (Phi) is 4.44. The van der Waals surface area contributed by atoms with Gasteiger partial charge in [0.15, 0.2) is 0 Å². The molecule has 2 atom stereocenters. The summed E-state index contributed by atoms with van der Waals surface area (Å²) in [6, 6.07) is 8.35. The van der Waals surface area contributed by atoms with Gasteiger partial charge >= 0.3 is 0 Å². The number of amides is 1. The number of fused-ring (bicyclic) bond motifs is 1. The van der Waals surface area contributed by atoms with E-state index >= 15 is 0 Å². The Morgan fingerprint density at radius 1 is 1.29 bits per heavy atom. The topological polar surface area (TPSA) is 52.6 Å². The van der Waals surface area contributed by atoms with Crippen LogP contribution in [0.15, 0.2) is 24.3 Å². The van der Waals surface area contributed by atoms with Crippen LogP contribution in [0.25, 0.3) is 0 Å². The lowest BCUT2D eigenvalue weighted by Crippen LogP contribution is -2.47. The van der Waals surface area contributed by atoms with Crippen molar-refractivity contribution in [3.8, 4) is 0 Å². The predicted octanol–water partition coefficient (Wildman–Crippen LogP) is 2.35. The fourth-order valence-corrected chi connectivity index (χ4v) is 3.67. The van der Waals surface area contributed by atoms with Gasteiger partial charge in [-0.3, -0.25) is 4.79 Å². The molecule has 2 heterocycles. The van der Waals surface area contributed by atoms with Crippen LogP contribution in [0.1, 0.15) is 43.6 Å². The van der Waals surface area contributed by atoms with Gasteiger partial charge < -0.3 is 15.3 Å². The zero-order valence-corrected chi connectivity index (χ0v) is 12.4. The van der Waals surface area contributed by atoms with Crippen molar-refractivity contribution in [3.63, 3.8) is 0 Å². The second-order valence-corrected chi connectivity index (χ2v) is 6.05. The van der Waals surface area contributed by atoms with Crippen molar-refractivity contribution in [2.75, 3.05) is 25.0 Å². The van der Waals surface area contributed by atoms with Crippen LogP contribution in [0.5, 0.6) is 0 Å². The number of likely N-dealkylation sites (tertiary alicyclic amines) is 1. The molecule has 0 bridgehead atoms. The summed E-state index contributed by atoms with van der Waals surface area (Å²) in [5.41, 5.74) is 2.22. The maximum absolute atomic E-state index is 13.0. The van der Waals surface area contributed by atoms with E-state index in [-0.39, 0.29) is 24.5 Å². The number of hydrogen-bond acceptors (Lipinski definition) is 3. The molecule has 1 aromatic carbocycles. The smallest absolute Gasteiger partial charge is 0.230 e. The molecule has 1 fully saturated rings. The Hall–Kier alpha value is -1.55. The van der Waals surface area contributed by atoms with Crippen molar-refractivity contribution < 1.29 is 9.90 Å². The Balaban J connectivity index is 1.81. The summed E-state index contributed by atoms with van der Waals surface area (Å²) in [7, 11) is 0. The average Bonchev–Trinajstić information content (AvgIpc) is 2.54. The Morgan fingerprint density at radius 2 is 2.14 bits per heavy atom. The second kappa shape index (κ2) is 6.48. The van der Waals surface area contributed by atoms with Gasteiger partial charge in [-0.15, -0.1) is 0 Å². The van der Waals surface area contributed by atoms with E-state index in [0.717, 1.165) is 50.0 Å². The van der Waals surface area contributed by atoms with E-state index in [9.17, 15) is 9.90 Å². The summed E-state index contributed by atoms with van der Waals surface area (Å²) in [4.78, 5) is 15.1. The zero-order valence-electron chi connectivity index (χ0n) is 12.4. The number of nitrogens with zero attached hydrogens (tertiary/aromatic N) is 1. The molecule has 1 amide bonds. The van der Waals surface area contributed by atoms with Gasteiger partial charge in [-0.2, -0.15) is 0 Å². The molecule has 4 nitrogen and oxygen atoms in total. The fraction of sp³-hybridized carbons (Fsp3) is 0.588. The minimum Gasteiger partial charge on any atom is -0.396 e.